The van der Waals surface area contributed by atoms with Crippen LogP contribution in [0.5, 0.6) is 5.75 Å². The number of rotatable bonds is 3. The SMILES string of the molecule is CO[C@H]1CN(C)C(=O)c2cc(NC(=O)Nc3ccccc3F)ccc2OC[C@H](C)NC[C@H]1C. The van der Waals surface area contributed by atoms with E-state index in [0.717, 1.165) is 6.54 Å². The maximum Gasteiger partial charge on any atom is 0.323 e. The number of benzene rings is 2. The number of halogens is 1. The van der Waals surface area contributed by atoms with E-state index in [1.54, 1.807) is 43.3 Å². The van der Waals surface area contributed by atoms with Gasteiger partial charge in [-0.3, -0.25) is 4.79 Å². The van der Waals surface area contributed by atoms with Gasteiger partial charge in [0.25, 0.3) is 5.91 Å². The van der Waals surface area contributed by atoms with Gasteiger partial charge >= 0.3 is 6.03 Å². The van der Waals surface area contributed by atoms with Gasteiger partial charge in [-0.2, -0.15) is 0 Å². The van der Waals surface area contributed by atoms with Gasteiger partial charge in [-0.25, -0.2) is 9.18 Å². The number of hydrogen-bond donors (Lipinski definition) is 3. The number of anilines is 2. The second kappa shape index (κ2) is 11.1. The lowest BCUT2D eigenvalue weighted by Crippen LogP contribution is -2.44. The Kier molecular flexibility index (Phi) is 8.24. The highest BCUT2D eigenvalue weighted by molar-refractivity contribution is 6.02. The van der Waals surface area contributed by atoms with Crippen LogP contribution in [0.1, 0.15) is 24.2 Å². The summed E-state index contributed by atoms with van der Waals surface area (Å²) >= 11 is 0. The predicted molar refractivity (Wildman–Crippen MR) is 125 cm³/mol. The first kappa shape index (κ1) is 24.5. The maximum absolute atomic E-state index is 13.8. The molecule has 8 nitrogen and oxygen atoms in total. The van der Waals surface area contributed by atoms with Crippen LogP contribution in [-0.4, -0.2) is 62.8 Å². The molecule has 0 saturated carbocycles. The number of urea groups is 1. The Balaban J connectivity index is 1.83. The van der Waals surface area contributed by atoms with Crippen molar-refractivity contribution in [1.82, 2.24) is 10.2 Å². The maximum atomic E-state index is 13.8. The van der Waals surface area contributed by atoms with Crippen LogP contribution in [0.2, 0.25) is 0 Å². The van der Waals surface area contributed by atoms with Gasteiger partial charge in [0.1, 0.15) is 18.2 Å². The van der Waals surface area contributed by atoms with E-state index < -0.39 is 11.8 Å². The number of hydrogen-bond acceptors (Lipinski definition) is 5. The molecule has 3 amide bonds. The number of carbonyl (C=O) groups excluding carboxylic acids is 2. The summed E-state index contributed by atoms with van der Waals surface area (Å²) in [6.45, 7) is 5.59. The van der Waals surface area contributed by atoms with Gasteiger partial charge in [0.2, 0.25) is 0 Å². The van der Waals surface area contributed by atoms with E-state index in [9.17, 15) is 14.0 Å². The Labute approximate surface area is 193 Å². The molecular weight excluding hydrogens is 427 g/mol. The molecule has 9 heteroatoms. The van der Waals surface area contributed by atoms with Crippen molar-refractivity contribution >= 4 is 23.3 Å². The third kappa shape index (κ3) is 6.43. The van der Waals surface area contributed by atoms with Crippen molar-refractivity contribution < 1.29 is 23.5 Å². The van der Waals surface area contributed by atoms with Crippen LogP contribution in [0, 0.1) is 11.7 Å². The molecule has 2 aromatic carbocycles. The lowest BCUT2D eigenvalue weighted by Gasteiger charge is -2.30. The number of amides is 3. The van der Waals surface area contributed by atoms with E-state index >= 15 is 0 Å². The minimum Gasteiger partial charge on any atom is -0.491 e. The largest absolute Gasteiger partial charge is 0.491 e. The number of methoxy groups -OCH3 is 1. The van der Waals surface area contributed by atoms with E-state index in [-0.39, 0.29) is 29.7 Å². The Morgan fingerprint density at radius 1 is 1.21 bits per heavy atom. The lowest BCUT2D eigenvalue weighted by molar-refractivity contribution is 0.0281. The number of ether oxygens (including phenoxy) is 2. The van der Waals surface area contributed by atoms with Crippen LogP contribution in [0.3, 0.4) is 0 Å². The van der Waals surface area contributed by atoms with Gasteiger partial charge in [-0.1, -0.05) is 19.1 Å². The smallest absolute Gasteiger partial charge is 0.323 e. The zero-order chi connectivity index (χ0) is 24.0. The van der Waals surface area contributed by atoms with E-state index in [1.165, 1.54) is 18.2 Å². The Morgan fingerprint density at radius 3 is 2.70 bits per heavy atom. The summed E-state index contributed by atoms with van der Waals surface area (Å²) in [4.78, 5) is 27.2. The zero-order valence-corrected chi connectivity index (χ0v) is 19.4. The first-order chi connectivity index (χ1) is 15.8. The second-order valence-electron chi connectivity index (χ2n) is 8.33. The van der Waals surface area contributed by atoms with E-state index in [4.69, 9.17) is 9.47 Å². The molecule has 0 fully saturated rings. The summed E-state index contributed by atoms with van der Waals surface area (Å²) in [5.41, 5.74) is 0.751. The lowest BCUT2D eigenvalue weighted by atomic mass is 10.0. The second-order valence-corrected chi connectivity index (χ2v) is 8.33. The van der Waals surface area contributed by atoms with Crippen molar-refractivity contribution in [3.63, 3.8) is 0 Å². The fourth-order valence-corrected chi connectivity index (χ4v) is 3.59. The molecule has 0 radical (unpaired) electrons. The van der Waals surface area contributed by atoms with Crippen molar-refractivity contribution in [2.45, 2.75) is 26.0 Å². The average Bonchev–Trinajstić information content (AvgIpc) is 2.80. The molecule has 1 aliphatic heterocycles. The molecule has 1 heterocycles. The van der Waals surface area contributed by atoms with Crippen molar-refractivity contribution in [2.24, 2.45) is 5.92 Å². The van der Waals surface area contributed by atoms with Gasteiger partial charge in [-0.15, -0.1) is 0 Å². The third-order valence-corrected chi connectivity index (χ3v) is 5.60. The minimum atomic E-state index is -0.624. The van der Waals surface area contributed by atoms with Gasteiger partial charge in [0.15, 0.2) is 0 Å². The molecule has 0 aromatic heterocycles. The van der Waals surface area contributed by atoms with Crippen LogP contribution < -0.4 is 20.7 Å². The fourth-order valence-electron chi connectivity index (χ4n) is 3.59. The van der Waals surface area contributed by atoms with Crippen molar-refractivity contribution in [3.05, 3.63) is 53.8 Å². The number of para-hydroxylation sites is 1. The molecule has 0 unspecified atom stereocenters. The van der Waals surface area contributed by atoms with Gasteiger partial charge < -0.3 is 30.3 Å². The standard InChI is InChI=1S/C24H31FN4O4/c1-15-12-26-16(2)14-33-21-10-9-17(11-18(21)23(30)29(3)13-22(15)32-4)27-24(31)28-20-8-6-5-7-19(20)25/h5-11,15-16,22,26H,12-14H2,1-4H3,(H2,27,28,31)/t15-,16+,22+/m1/s1. The Bertz CT molecular complexity index is 987. The topological polar surface area (TPSA) is 91.9 Å². The molecule has 0 aliphatic carbocycles. The highest BCUT2D eigenvalue weighted by atomic mass is 19.1. The van der Waals surface area contributed by atoms with E-state index in [0.29, 0.717) is 30.2 Å². The Morgan fingerprint density at radius 2 is 1.97 bits per heavy atom. The van der Waals surface area contributed by atoms with Crippen molar-refractivity contribution in [1.29, 1.82) is 0 Å². The minimum absolute atomic E-state index is 0.0571. The summed E-state index contributed by atoms with van der Waals surface area (Å²) in [5, 5.41) is 8.54. The van der Waals surface area contributed by atoms with Gasteiger partial charge in [0.05, 0.1) is 17.4 Å². The van der Waals surface area contributed by atoms with Gasteiger partial charge in [0, 0.05) is 39.0 Å². The summed E-state index contributed by atoms with van der Waals surface area (Å²) in [5.74, 6) is -0.191. The van der Waals surface area contributed by atoms with Crippen molar-refractivity contribution in [2.75, 3.05) is 44.5 Å². The molecule has 3 rings (SSSR count). The molecule has 0 saturated heterocycles. The summed E-state index contributed by atoms with van der Waals surface area (Å²) in [6.07, 6.45) is -0.143. The average molecular weight is 459 g/mol. The molecule has 3 N–H and O–H groups in total. The number of nitrogens with zero attached hydrogens (tertiary/aromatic N) is 1. The number of fused-ring (bicyclic) bond motifs is 1. The van der Waals surface area contributed by atoms with E-state index in [1.807, 2.05) is 6.92 Å². The van der Waals surface area contributed by atoms with Crippen LogP contribution in [0.15, 0.2) is 42.5 Å². The fraction of sp³-hybridized carbons (Fsp3) is 0.417. The van der Waals surface area contributed by atoms with Crippen LogP contribution >= 0.6 is 0 Å². The monoisotopic (exact) mass is 458 g/mol. The van der Waals surface area contributed by atoms with E-state index in [2.05, 4.69) is 22.9 Å². The molecule has 178 valence electrons. The van der Waals surface area contributed by atoms with Crippen LogP contribution in [0.25, 0.3) is 0 Å². The predicted octanol–water partition coefficient (Wildman–Crippen LogP) is 3.56. The van der Waals surface area contributed by atoms with Crippen LogP contribution in [-0.2, 0) is 4.74 Å². The number of carbonyl (C=O) groups is 2. The summed E-state index contributed by atoms with van der Waals surface area (Å²) in [7, 11) is 3.35. The highest BCUT2D eigenvalue weighted by Crippen LogP contribution is 2.26. The molecule has 0 spiro atoms. The molecule has 1 aliphatic rings. The first-order valence-electron chi connectivity index (χ1n) is 10.9. The Hall–Kier alpha value is -3.17. The summed E-state index contributed by atoms with van der Waals surface area (Å²) in [6, 6.07) is 10.2. The summed E-state index contributed by atoms with van der Waals surface area (Å²) < 4.78 is 25.4. The quantitative estimate of drug-likeness (QED) is 0.654. The molecule has 2 aromatic rings. The molecule has 3 atom stereocenters. The van der Waals surface area contributed by atoms with Gasteiger partial charge in [-0.05, 0) is 43.2 Å². The third-order valence-electron chi connectivity index (χ3n) is 5.60. The first-order valence-corrected chi connectivity index (χ1v) is 10.9. The zero-order valence-electron chi connectivity index (χ0n) is 19.4. The van der Waals surface area contributed by atoms with Crippen LogP contribution in [0.4, 0.5) is 20.6 Å². The van der Waals surface area contributed by atoms with Crippen molar-refractivity contribution in [3.8, 4) is 5.75 Å². The molecule has 33 heavy (non-hydrogen) atoms. The molecule has 0 bridgehead atoms. The number of nitrogens with one attached hydrogen (secondary N) is 3. The highest BCUT2D eigenvalue weighted by Gasteiger charge is 2.25. The normalized spacial score (nSPS) is 21.8. The number of likely N-dealkylation sites (N-methyl/N-ethyl adjacent to an activating group) is 1. The molecular formula is C24H31FN4O4.